The predicted molar refractivity (Wildman–Crippen MR) is 83.1 cm³/mol. The highest BCUT2D eigenvalue weighted by Crippen LogP contribution is 2.27. The fraction of sp³-hybridized carbons (Fsp3) is 0.533. The van der Waals surface area contributed by atoms with Crippen LogP contribution in [0.25, 0.3) is 0 Å². The minimum atomic E-state index is -0.334. The van der Waals surface area contributed by atoms with Gasteiger partial charge in [0.15, 0.2) is 11.5 Å². The van der Waals surface area contributed by atoms with E-state index < -0.39 is 0 Å². The first-order valence-electron chi connectivity index (χ1n) is 6.84. The van der Waals surface area contributed by atoms with E-state index in [9.17, 15) is 0 Å². The zero-order valence-electron chi connectivity index (χ0n) is 13.1. The molecule has 4 N–H and O–H groups in total. The van der Waals surface area contributed by atoms with Gasteiger partial charge in [-0.2, -0.15) is 0 Å². The van der Waals surface area contributed by atoms with Crippen LogP contribution in [0.2, 0.25) is 0 Å². The maximum atomic E-state index is 8.73. The van der Waals surface area contributed by atoms with Crippen molar-refractivity contribution in [3.63, 3.8) is 0 Å². The van der Waals surface area contributed by atoms with E-state index in [2.05, 4.69) is 10.5 Å². The van der Waals surface area contributed by atoms with Crippen molar-refractivity contribution < 1.29 is 14.7 Å². The van der Waals surface area contributed by atoms with Crippen molar-refractivity contribution in [2.75, 3.05) is 20.8 Å². The first kappa shape index (κ1) is 17.1. The standard InChI is InChI=1S/C15H25N3O3/c1-15(2,14(16)18-19)7-8-17-10-11-5-6-12(20-3)13(9-11)21-4/h5-6,9,17,19H,7-8,10H2,1-4H3,(H2,16,18). The van der Waals surface area contributed by atoms with E-state index in [0.29, 0.717) is 18.0 Å². The van der Waals surface area contributed by atoms with Gasteiger partial charge in [-0.25, -0.2) is 0 Å². The third-order valence-electron chi connectivity index (χ3n) is 3.50. The lowest BCUT2D eigenvalue weighted by Crippen LogP contribution is -2.34. The third-order valence-corrected chi connectivity index (χ3v) is 3.50. The van der Waals surface area contributed by atoms with Gasteiger partial charge in [-0.3, -0.25) is 0 Å². The van der Waals surface area contributed by atoms with Crippen LogP contribution in [0.4, 0.5) is 0 Å². The van der Waals surface area contributed by atoms with Crippen molar-refractivity contribution >= 4 is 5.84 Å². The van der Waals surface area contributed by atoms with Crippen LogP contribution in [-0.4, -0.2) is 31.8 Å². The molecular formula is C15H25N3O3. The van der Waals surface area contributed by atoms with Crippen molar-refractivity contribution in [1.82, 2.24) is 5.32 Å². The number of nitrogens with zero attached hydrogens (tertiary/aromatic N) is 1. The minimum Gasteiger partial charge on any atom is -0.493 e. The Bertz CT molecular complexity index is 487. The number of nitrogens with one attached hydrogen (secondary N) is 1. The molecule has 0 spiro atoms. The number of methoxy groups -OCH3 is 2. The van der Waals surface area contributed by atoms with Crippen LogP contribution in [0.15, 0.2) is 23.4 Å². The molecule has 1 aromatic carbocycles. The van der Waals surface area contributed by atoms with E-state index >= 15 is 0 Å². The van der Waals surface area contributed by atoms with Crippen LogP contribution >= 0.6 is 0 Å². The molecule has 0 heterocycles. The molecule has 0 fully saturated rings. The maximum absolute atomic E-state index is 8.73. The quantitative estimate of drug-likeness (QED) is 0.224. The number of ether oxygens (including phenoxy) is 2. The van der Waals surface area contributed by atoms with Crippen LogP contribution in [0.1, 0.15) is 25.8 Å². The highest BCUT2D eigenvalue weighted by Gasteiger charge is 2.22. The molecule has 0 aliphatic rings. The molecule has 118 valence electrons. The van der Waals surface area contributed by atoms with Gasteiger partial charge in [0.1, 0.15) is 5.84 Å². The second-order valence-electron chi connectivity index (χ2n) is 5.49. The Kier molecular flexibility index (Phi) is 6.30. The molecule has 21 heavy (non-hydrogen) atoms. The predicted octanol–water partition coefficient (Wildman–Crippen LogP) is 1.96. The Hall–Kier alpha value is -1.95. The molecule has 0 amide bonds. The van der Waals surface area contributed by atoms with E-state index in [1.165, 1.54) is 0 Å². The molecule has 6 heteroatoms. The summed E-state index contributed by atoms with van der Waals surface area (Å²) in [5.74, 6) is 1.68. The molecule has 0 atom stereocenters. The number of nitrogens with two attached hydrogens (primary N) is 1. The summed E-state index contributed by atoms with van der Waals surface area (Å²) in [6.07, 6.45) is 0.774. The molecule has 1 rings (SSSR count). The van der Waals surface area contributed by atoms with Gasteiger partial charge in [-0.15, -0.1) is 0 Å². The highest BCUT2D eigenvalue weighted by molar-refractivity contribution is 5.85. The zero-order valence-corrected chi connectivity index (χ0v) is 13.1. The molecule has 0 bridgehead atoms. The lowest BCUT2D eigenvalue weighted by atomic mass is 9.88. The molecule has 0 saturated heterocycles. The Morgan fingerprint density at radius 3 is 2.52 bits per heavy atom. The van der Waals surface area contributed by atoms with Crippen LogP contribution < -0.4 is 20.5 Å². The Morgan fingerprint density at radius 1 is 1.29 bits per heavy atom. The van der Waals surface area contributed by atoms with Gasteiger partial charge in [0.25, 0.3) is 0 Å². The molecule has 0 aromatic heterocycles. The van der Waals surface area contributed by atoms with Gasteiger partial charge in [-0.05, 0) is 30.7 Å². The van der Waals surface area contributed by atoms with Crippen molar-refractivity contribution in [1.29, 1.82) is 0 Å². The van der Waals surface area contributed by atoms with Gasteiger partial charge < -0.3 is 25.7 Å². The normalized spacial score (nSPS) is 12.3. The molecule has 0 unspecified atom stereocenters. The van der Waals surface area contributed by atoms with Gasteiger partial charge in [0.05, 0.1) is 14.2 Å². The largest absolute Gasteiger partial charge is 0.493 e. The average molecular weight is 295 g/mol. The van der Waals surface area contributed by atoms with Crippen LogP contribution in [-0.2, 0) is 6.54 Å². The summed E-state index contributed by atoms with van der Waals surface area (Å²) >= 11 is 0. The van der Waals surface area contributed by atoms with Crippen molar-refractivity contribution in [3.05, 3.63) is 23.8 Å². The topological polar surface area (TPSA) is 89.1 Å². The number of hydrogen-bond donors (Lipinski definition) is 3. The van der Waals surface area contributed by atoms with Crippen LogP contribution in [0.3, 0.4) is 0 Å². The Labute approximate surface area is 125 Å². The fourth-order valence-electron chi connectivity index (χ4n) is 1.89. The number of oxime groups is 1. The second-order valence-corrected chi connectivity index (χ2v) is 5.49. The summed E-state index contributed by atoms with van der Waals surface area (Å²) in [6, 6.07) is 5.82. The molecule has 0 aliphatic carbocycles. The van der Waals surface area contributed by atoms with E-state index in [1.54, 1.807) is 14.2 Å². The smallest absolute Gasteiger partial charge is 0.161 e. The van der Waals surface area contributed by atoms with Gasteiger partial charge in [0, 0.05) is 12.0 Å². The van der Waals surface area contributed by atoms with E-state index in [-0.39, 0.29) is 11.3 Å². The lowest BCUT2D eigenvalue weighted by Gasteiger charge is -2.22. The molecule has 6 nitrogen and oxygen atoms in total. The van der Waals surface area contributed by atoms with Gasteiger partial charge in [-0.1, -0.05) is 25.1 Å². The summed E-state index contributed by atoms with van der Waals surface area (Å²) < 4.78 is 10.5. The zero-order chi connectivity index (χ0) is 15.9. The summed E-state index contributed by atoms with van der Waals surface area (Å²) in [5, 5.41) is 15.1. The first-order valence-corrected chi connectivity index (χ1v) is 6.84. The monoisotopic (exact) mass is 295 g/mol. The van der Waals surface area contributed by atoms with Crippen molar-refractivity contribution in [3.8, 4) is 11.5 Å². The van der Waals surface area contributed by atoms with Crippen molar-refractivity contribution in [2.24, 2.45) is 16.3 Å². The third kappa shape index (κ3) is 4.82. The Morgan fingerprint density at radius 2 is 1.95 bits per heavy atom. The van der Waals surface area contributed by atoms with Gasteiger partial charge in [0.2, 0.25) is 0 Å². The SMILES string of the molecule is COc1ccc(CNCCC(C)(C)C(N)=NO)cc1OC. The summed E-state index contributed by atoms with van der Waals surface area (Å²) in [4.78, 5) is 0. The van der Waals surface area contributed by atoms with Gasteiger partial charge >= 0.3 is 0 Å². The number of amidine groups is 1. The van der Waals surface area contributed by atoms with E-state index in [1.807, 2.05) is 32.0 Å². The maximum Gasteiger partial charge on any atom is 0.161 e. The molecule has 0 aliphatic heterocycles. The summed E-state index contributed by atoms with van der Waals surface area (Å²) in [6.45, 7) is 5.37. The van der Waals surface area contributed by atoms with Crippen LogP contribution in [0.5, 0.6) is 11.5 Å². The second kappa shape index (κ2) is 7.73. The number of benzene rings is 1. The molecular weight excluding hydrogens is 270 g/mol. The van der Waals surface area contributed by atoms with E-state index in [0.717, 1.165) is 18.5 Å². The molecule has 1 aromatic rings. The van der Waals surface area contributed by atoms with Crippen LogP contribution in [0, 0.1) is 5.41 Å². The van der Waals surface area contributed by atoms with E-state index in [4.69, 9.17) is 20.4 Å². The lowest BCUT2D eigenvalue weighted by molar-refractivity contribution is 0.305. The average Bonchev–Trinajstić information content (AvgIpc) is 2.50. The number of rotatable bonds is 8. The fourth-order valence-corrected chi connectivity index (χ4v) is 1.89. The molecule has 0 radical (unpaired) electrons. The number of hydrogen-bond acceptors (Lipinski definition) is 5. The molecule has 0 saturated carbocycles. The summed E-state index contributed by atoms with van der Waals surface area (Å²) in [7, 11) is 3.24. The Balaban J connectivity index is 2.50. The highest BCUT2D eigenvalue weighted by atomic mass is 16.5. The first-order chi connectivity index (χ1) is 9.94. The minimum absolute atomic E-state index is 0.246. The summed E-state index contributed by atoms with van der Waals surface area (Å²) in [5.41, 5.74) is 6.43. The van der Waals surface area contributed by atoms with Crippen molar-refractivity contribution in [2.45, 2.75) is 26.8 Å².